The van der Waals surface area contributed by atoms with Gasteiger partial charge in [-0.05, 0) is 38.0 Å². The molecule has 1 aromatic rings. The Balaban J connectivity index is 2.15. The van der Waals surface area contributed by atoms with Crippen molar-refractivity contribution in [2.75, 3.05) is 33.5 Å². The van der Waals surface area contributed by atoms with E-state index in [4.69, 9.17) is 14.2 Å². The van der Waals surface area contributed by atoms with E-state index in [1.165, 1.54) is 6.42 Å². The van der Waals surface area contributed by atoms with E-state index in [-0.39, 0.29) is 0 Å². The molecule has 2 N–H and O–H groups in total. The Hall–Kier alpha value is -1.26. The number of aryl methyl sites for hydroxylation is 1. The molecule has 0 saturated carbocycles. The predicted octanol–water partition coefficient (Wildman–Crippen LogP) is 1.76. The zero-order valence-corrected chi connectivity index (χ0v) is 13.1. The molecule has 4 nitrogen and oxygen atoms in total. The first kappa shape index (κ1) is 16.8. The van der Waals surface area contributed by atoms with E-state index in [9.17, 15) is 0 Å². The highest BCUT2D eigenvalue weighted by Gasteiger charge is 2.04. The van der Waals surface area contributed by atoms with Crippen molar-refractivity contribution in [2.24, 2.45) is 0 Å². The molecule has 114 valence electrons. The molecule has 0 spiro atoms. The third-order valence-corrected chi connectivity index (χ3v) is 3.28. The molecule has 0 amide bonds. The van der Waals surface area contributed by atoms with Crippen molar-refractivity contribution in [3.8, 4) is 11.5 Å². The first-order chi connectivity index (χ1) is 9.67. The van der Waals surface area contributed by atoms with E-state index in [1.54, 1.807) is 7.11 Å². The monoisotopic (exact) mass is 282 g/mol. The first-order valence-corrected chi connectivity index (χ1v) is 7.35. The van der Waals surface area contributed by atoms with Crippen molar-refractivity contribution < 1.29 is 19.5 Å². The number of rotatable bonds is 10. The Bertz CT molecular complexity index is 382. The molecule has 0 fully saturated rings. The molecule has 1 atom stereocenters. The van der Waals surface area contributed by atoms with Crippen molar-refractivity contribution in [3.63, 3.8) is 0 Å². The van der Waals surface area contributed by atoms with Crippen molar-refractivity contribution >= 4 is 0 Å². The standard InChI is InChI=1S/C16H27NO3/c1-5-14(3)17-8-9-19-10-11-20-15-7-6-13(2)12-16(15)18-4/h6-7,12,14,17H,5,8-11H2,1-4H3/p+1/t14-/m1/s1. The third kappa shape index (κ3) is 6.26. The van der Waals surface area contributed by atoms with Crippen LogP contribution in [0.5, 0.6) is 11.5 Å². The highest BCUT2D eigenvalue weighted by Crippen LogP contribution is 2.27. The lowest BCUT2D eigenvalue weighted by Crippen LogP contribution is -2.90. The highest BCUT2D eigenvalue weighted by molar-refractivity contribution is 5.42. The van der Waals surface area contributed by atoms with E-state index < -0.39 is 0 Å². The molecule has 0 aliphatic carbocycles. The average molecular weight is 282 g/mol. The molecule has 0 aromatic heterocycles. The van der Waals surface area contributed by atoms with Gasteiger partial charge in [-0.3, -0.25) is 0 Å². The summed E-state index contributed by atoms with van der Waals surface area (Å²) in [6.07, 6.45) is 1.19. The molecule has 0 aliphatic rings. The Morgan fingerprint density at radius 2 is 1.95 bits per heavy atom. The topological polar surface area (TPSA) is 44.3 Å². The molecule has 4 heteroatoms. The van der Waals surface area contributed by atoms with Crippen LogP contribution in [0.3, 0.4) is 0 Å². The molecule has 0 aliphatic heterocycles. The summed E-state index contributed by atoms with van der Waals surface area (Å²) in [6.45, 7) is 9.37. The maximum absolute atomic E-state index is 5.67. The summed E-state index contributed by atoms with van der Waals surface area (Å²) in [7, 11) is 1.66. The summed E-state index contributed by atoms with van der Waals surface area (Å²) in [4.78, 5) is 0. The summed E-state index contributed by atoms with van der Waals surface area (Å²) in [5.74, 6) is 1.54. The smallest absolute Gasteiger partial charge is 0.161 e. The van der Waals surface area contributed by atoms with Gasteiger partial charge < -0.3 is 19.5 Å². The van der Waals surface area contributed by atoms with Crippen LogP contribution in [0.25, 0.3) is 0 Å². The Morgan fingerprint density at radius 1 is 1.15 bits per heavy atom. The van der Waals surface area contributed by atoms with Crippen molar-refractivity contribution in [2.45, 2.75) is 33.2 Å². The fraction of sp³-hybridized carbons (Fsp3) is 0.625. The van der Waals surface area contributed by atoms with Gasteiger partial charge in [0.1, 0.15) is 6.61 Å². The van der Waals surface area contributed by atoms with Crippen LogP contribution in [0.2, 0.25) is 0 Å². The molecule has 0 heterocycles. The minimum Gasteiger partial charge on any atom is -0.493 e. The van der Waals surface area contributed by atoms with Crippen molar-refractivity contribution in [3.05, 3.63) is 23.8 Å². The molecular weight excluding hydrogens is 254 g/mol. The van der Waals surface area contributed by atoms with Crippen molar-refractivity contribution in [1.29, 1.82) is 0 Å². The lowest BCUT2D eigenvalue weighted by Gasteiger charge is -2.12. The van der Waals surface area contributed by atoms with Gasteiger partial charge in [0.2, 0.25) is 0 Å². The van der Waals surface area contributed by atoms with Gasteiger partial charge in [-0.1, -0.05) is 13.0 Å². The summed E-state index contributed by atoms with van der Waals surface area (Å²) in [6, 6.07) is 6.59. The lowest BCUT2D eigenvalue weighted by molar-refractivity contribution is -0.687. The summed E-state index contributed by atoms with van der Waals surface area (Å²) >= 11 is 0. The first-order valence-electron chi connectivity index (χ1n) is 7.35. The quantitative estimate of drug-likeness (QED) is 0.665. The fourth-order valence-corrected chi connectivity index (χ4v) is 1.81. The molecule has 0 bridgehead atoms. The molecule has 0 unspecified atom stereocenters. The number of ether oxygens (including phenoxy) is 3. The van der Waals surface area contributed by atoms with Crippen LogP contribution in [-0.4, -0.2) is 39.5 Å². The second-order valence-electron chi connectivity index (χ2n) is 5.03. The van der Waals surface area contributed by atoms with Gasteiger partial charge in [-0.2, -0.15) is 0 Å². The van der Waals surface area contributed by atoms with Gasteiger partial charge in [0.25, 0.3) is 0 Å². The number of benzene rings is 1. The van der Waals surface area contributed by atoms with Gasteiger partial charge in [0.15, 0.2) is 11.5 Å². The minimum atomic E-state index is 0.544. The van der Waals surface area contributed by atoms with Crippen molar-refractivity contribution in [1.82, 2.24) is 0 Å². The summed E-state index contributed by atoms with van der Waals surface area (Å²) in [5.41, 5.74) is 1.16. The van der Waals surface area contributed by atoms with Crippen LogP contribution in [0.4, 0.5) is 0 Å². The summed E-state index contributed by atoms with van der Waals surface area (Å²) in [5, 5.41) is 2.31. The fourth-order valence-electron chi connectivity index (χ4n) is 1.81. The van der Waals surface area contributed by atoms with Gasteiger partial charge in [0, 0.05) is 0 Å². The number of methoxy groups -OCH3 is 1. The van der Waals surface area contributed by atoms with Gasteiger partial charge in [0.05, 0.1) is 32.9 Å². The van der Waals surface area contributed by atoms with Gasteiger partial charge in [-0.15, -0.1) is 0 Å². The largest absolute Gasteiger partial charge is 0.493 e. The van der Waals surface area contributed by atoms with Crippen LogP contribution in [0.15, 0.2) is 18.2 Å². The number of hydrogen-bond acceptors (Lipinski definition) is 3. The second-order valence-corrected chi connectivity index (χ2v) is 5.03. The van der Waals surface area contributed by atoms with Crippen LogP contribution in [0, 0.1) is 6.92 Å². The Labute approximate surface area is 122 Å². The number of hydrogen-bond donors (Lipinski definition) is 1. The average Bonchev–Trinajstić information content (AvgIpc) is 2.47. The van der Waals surface area contributed by atoms with Gasteiger partial charge in [-0.25, -0.2) is 0 Å². The van der Waals surface area contributed by atoms with E-state index in [0.29, 0.717) is 19.3 Å². The van der Waals surface area contributed by atoms with Gasteiger partial charge >= 0.3 is 0 Å². The zero-order valence-electron chi connectivity index (χ0n) is 13.1. The molecule has 0 radical (unpaired) electrons. The Morgan fingerprint density at radius 3 is 2.65 bits per heavy atom. The van der Waals surface area contributed by atoms with Crippen LogP contribution < -0.4 is 14.8 Å². The maximum atomic E-state index is 5.67. The number of nitrogens with two attached hydrogens (primary N) is 1. The normalized spacial score (nSPS) is 12.2. The van der Waals surface area contributed by atoms with E-state index in [1.807, 2.05) is 25.1 Å². The molecule has 20 heavy (non-hydrogen) atoms. The molecule has 1 rings (SSSR count). The van der Waals surface area contributed by atoms with Crippen LogP contribution >= 0.6 is 0 Å². The third-order valence-electron chi connectivity index (χ3n) is 3.28. The summed E-state index contributed by atoms with van der Waals surface area (Å²) < 4.78 is 16.5. The van der Waals surface area contributed by atoms with Crippen LogP contribution in [-0.2, 0) is 4.74 Å². The predicted molar refractivity (Wildman–Crippen MR) is 80.6 cm³/mol. The molecule has 1 aromatic carbocycles. The second kappa shape index (κ2) is 9.61. The SMILES string of the molecule is CC[C@@H](C)[NH2+]CCOCCOc1ccc(C)cc1OC. The molecule has 0 saturated heterocycles. The van der Waals surface area contributed by atoms with E-state index in [2.05, 4.69) is 19.2 Å². The highest BCUT2D eigenvalue weighted by atomic mass is 16.5. The zero-order chi connectivity index (χ0) is 14.8. The van der Waals surface area contributed by atoms with E-state index >= 15 is 0 Å². The van der Waals surface area contributed by atoms with Crippen LogP contribution in [0.1, 0.15) is 25.8 Å². The molecular formula is C16H28NO3+. The van der Waals surface area contributed by atoms with E-state index in [0.717, 1.165) is 30.2 Å². The Kier molecular flexibility index (Phi) is 8.07. The number of quaternary nitrogens is 1. The maximum Gasteiger partial charge on any atom is 0.161 e. The minimum absolute atomic E-state index is 0.544. The lowest BCUT2D eigenvalue weighted by atomic mass is 10.2.